The van der Waals surface area contributed by atoms with E-state index < -0.39 is 0 Å². The van der Waals surface area contributed by atoms with E-state index in [1.165, 1.54) is 30.8 Å². The van der Waals surface area contributed by atoms with Crippen LogP contribution < -0.4 is 14.8 Å². The summed E-state index contributed by atoms with van der Waals surface area (Å²) >= 11 is 7.40. The van der Waals surface area contributed by atoms with E-state index in [2.05, 4.69) is 30.2 Å². The second kappa shape index (κ2) is 9.84. The molecule has 5 rings (SSSR count). The van der Waals surface area contributed by atoms with Crippen molar-refractivity contribution in [2.24, 2.45) is 0 Å². The number of nitrogens with zero attached hydrogens (tertiary/aromatic N) is 5. The predicted molar refractivity (Wildman–Crippen MR) is 139 cm³/mol. The third-order valence-electron chi connectivity index (χ3n) is 5.34. The fraction of sp³-hybridized carbons (Fsp3) is 0.120. The molecule has 0 saturated heterocycles. The number of carbonyl (C=O) groups excluding carboxylic acids is 1. The molecule has 0 spiro atoms. The molecular formula is C25H19ClN6O3S. The van der Waals surface area contributed by atoms with Gasteiger partial charge in [0.15, 0.2) is 5.13 Å². The number of anilines is 1. The van der Waals surface area contributed by atoms with Gasteiger partial charge in [0.05, 0.1) is 43.6 Å². The van der Waals surface area contributed by atoms with Crippen LogP contribution in [0.1, 0.15) is 16.1 Å². The maximum Gasteiger partial charge on any atom is 0.259 e. The summed E-state index contributed by atoms with van der Waals surface area (Å²) in [4.78, 5) is 35.9. The first kappa shape index (κ1) is 23.6. The highest BCUT2D eigenvalue weighted by atomic mass is 35.5. The van der Waals surface area contributed by atoms with E-state index in [-0.39, 0.29) is 11.1 Å². The molecule has 0 saturated carbocycles. The van der Waals surface area contributed by atoms with Crippen LogP contribution in [0.25, 0.3) is 32.9 Å². The van der Waals surface area contributed by atoms with Crippen molar-refractivity contribution in [3.05, 3.63) is 71.4 Å². The van der Waals surface area contributed by atoms with E-state index in [4.69, 9.17) is 21.1 Å². The van der Waals surface area contributed by atoms with Crippen LogP contribution in [0.5, 0.6) is 11.5 Å². The molecule has 1 amide bonds. The molecule has 0 fully saturated rings. The van der Waals surface area contributed by atoms with E-state index in [0.29, 0.717) is 55.1 Å². The third-order valence-corrected chi connectivity index (χ3v) is 6.43. The van der Waals surface area contributed by atoms with Crippen molar-refractivity contribution >= 4 is 44.3 Å². The Morgan fingerprint density at radius 2 is 1.75 bits per heavy atom. The van der Waals surface area contributed by atoms with Gasteiger partial charge in [-0.05, 0) is 43.3 Å². The standard InChI is InChI=1S/C25H19ClN6O3S/c1-13-8-15(16-9-22(26)29-12-21(16)35-3)17(11-27-13)23(33)32-25-31-20-7-6-19(30-24(20)36-25)18-5-4-14(34-2)10-28-18/h4-12H,1-3H3,(H,31,32,33). The number of aromatic nitrogens is 5. The minimum Gasteiger partial charge on any atom is -0.495 e. The van der Waals surface area contributed by atoms with E-state index in [9.17, 15) is 4.79 Å². The maximum absolute atomic E-state index is 13.3. The highest BCUT2D eigenvalue weighted by molar-refractivity contribution is 7.22. The number of carbonyl (C=O) groups is 1. The van der Waals surface area contributed by atoms with E-state index in [1.807, 2.05) is 31.2 Å². The van der Waals surface area contributed by atoms with Crippen molar-refractivity contribution in [2.45, 2.75) is 6.92 Å². The van der Waals surface area contributed by atoms with Crippen molar-refractivity contribution in [2.75, 3.05) is 19.5 Å². The molecule has 0 aromatic carbocycles. The zero-order valence-electron chi connectivity index (χ0n) is 19.4. The van der Waals surface area contributed by atoms with Crippen LogP contribution in [0.15, 0.2) is 55.0 Å². The quantitative estimate of drug-likeness (QED) is 0.296. The van der Waals surface area contributed by atoms with Crippen molar-refractivity contribution < 1.29 is 14.3 Å². The third kappa shape index (κ3) is 4.68. The van der Waals surface area contributed by atoms with Gasteiger partial charge in [-0.1, -0.05) is 22.9 Å². The normalized spacial score (nSPS) is 10.9. The molecule has 5 aromatic heterocycles. The second-order valence-electron chi connectivity index (χ2n) is 7.66. The van der Waals surface area contributed by atoms with Crippen LogP contribution in [-0.4, -0.2) is 45.0 Å². The smallest absolute Gasteiger partial charge is 0.259 e. The topological polar surface area (TPSA) is 112 Å². The molecule has 0 bridgehead atoms. The number of ether oxygens (including phenoxy) is 2. The fourth-order valence-corrected chi connectivity index (χ4v) is 4.58. The number of nitrogens with one attached hydrogen (secondary N) is 1. The Labute approximate surface area is 215 Å². The van der Waals surface area contributed by atoms with Crippen molar-refractivity contribution in [1.82, 2.24) is 24.9 Å². The summed E-state index contributed by atoms with van der Waals surface area (Å²) in [5.41, 5.74) is 4.40. The lowest BCUT2D eigenvalue weighted by atomic mass is 10.0. The monoisotopic (exact) mass is 518 g/mol. The first-order valence-electron chi connectivity index (χ1n) is 10.7. The number of fused-ring (bicyclic) bond motifs is 1. The average Bonchev–Trinajstić information content (AvgIpc) is 3.30. The van der Waals surface area contributed by atoms with Crippen LogP contribution in [-0.2, 0) is 0 Å². The van der Waals surface area contributed by atoms with E-state index in [1.54, 1.807) is 25.4 Å². The summed E-state index contributed by atoms with van der Waals surface area (Å²) in [5, 5.41) is 3.56. The molecule has 0 aliphatic rings. The molecule has 36 heavy (non-hydrogen) atoms. The Hall–Kier alpha value is -4.15. The van der Waals surface area contributed by atoms with Gasteiger partial charge in [-0.2, -0.15) is 0 Å². The van der Waals surface area contributed by atoms with Gasteiger partial charge in [0, 0.05) is 23.0 Å². The van der Waals surface area contributed by atoms with Crippen molar-refractivity contribution in [3.63, 3.8) is 0 Å². The molecule has 0 atom stereocenters. The molecule has 5 heterocycles. The van der Waals surface area contributed by atoms with Crippen LogP contribution in [0.3, 0.4) is 0 Å². The Morgan fingerprint density at radius 1 is 0.917 bits per heavy atom. The molecule has 0 radical (unpaired) electrons. The number of amides is 1. The number of hydrogen-bond acceptors (Lipinski definition) is 9. The van der Waals surface area contributed by atoms with Crippen molar-refractivity contribution in [1.29, 1.82) is 0 Å². The SMILES string of the molecule is COc1ccc(-c2ccc3nc(NC(=O)c4cnc(C)cc4-c4cc(Cl)ncc4OC)sc3n2)nc1. The molecule has 0 aliphatic carbocycles. The number of aryl methyl sites for hydroxylation is 1. The lowest BCUT2D eigenvalue weighted by Crippen LogP contribution is -2.14. The Balaban J connectivity index is 1.46. The Kier molecular flexibility index (Phi) is 6.45. The van der Waals surface area contributed by atoms with Gasteiger partial charge < -0.3 is 9.47 Å². The average molecular weight is 519 g/mol. The van der Waals surface area contributed by atoms with Crippen LogP contribution >= 0.6 is 22.9 Å². The summed E-state index contributed by atoms with van der Waals surface area (Å²) in [6, 6.07) is 10.8. The molecule has 5 aromatic rings. The zero-order chi connectivity index (χ0) is 25.2. The fourth-order valence-electron chi connectivity index (χ4n) is 3.58. The van der Waals surface area contributed by atoms with E-state index >= 15 is 0 Å². The largest absolute Gasteiger partial charge is 0.495 e. The second-order valence-corrected chi connectivity index (χ2v) is 9.02. The lowest BCUT2D eigenvalue weighted by molar-refractivity contribution is 0.102. The van der Waals surface area contributed by atoms with Gasteiger partial charge in [0.25, 0.3) is 5.91 Å². The summed E-state index contributed by atoms with van der Waals surface area (Å²) in [7, 11) is 3.12. The molecule has 180 valence electrons. The van der Waals surface area contributed by atoms with Crippen molar-refractivity contribution in [3.8, 4) is 34.0 Å². The molecule has 1 N–H and O–H groups in total. The summed E-state index contributed by atoms with van der Waals surface area (Å²) in [5.74, 6) is 0.783. The van der Waals surface area contributed by atoms with Gasteiger partial charge in [-0.15, -0.1) is 0 Å². The molecular weight excluding hydrogens is 500 g/mol. The molecule has 0 aliphatic heterocycles. The highest BCUT2D eigenvalue weighted by Gasteiger charge is 2.19. The summed E-state index contributed by atoms with van der Waals surface area (Å²) in [6.45, 7) is 1.84. The zero-order valence-corrected chi connectivity index (χ0v) is 21.0. The first-order valence-corrected chi connectivity index (χ1v) is 11.9. The first-order chi connectivity index (χ1) is 17.4. The van der Waals surface area contributed by atoms with Gasteiger partial charge in [-0.25, -0.2) is 15.0 Å². The maximum atomic E-state index is 13.3. The predicted octanol–water partition coefficient (Wildman–Crippen LogP) is 5.44. The Bertz CT molecular complexity index is 1590. The lowest BCUT2D eigenvalue weighted by Gasteiger charge is -2.13. The molecule has 0 unspecified atom stereocenters. The van der Waals surface area contributed by atoms with Gasteiger partial charge in [0.2, 0.25) is 0 Å². The molecule has 11 heteroatoms. The van der Waals surface area contributed by atoms with Crippen LogP contribution in [0, 0.1) is 6.92 Å². The number of thiazole rings is 1. The Morgan fingerprint density at radius 3 is 2.50 bits per heavy atom. The van der Waals surface area contributed by atoms with Gasteiger partial charge >= 0.3 is 0 Å². The van der Waals surface area contributed by atoms with Crippen LogP contribution in [0.2, 0.25) is 5.15 Å². The van der Waals surface area contributed by atoms with Gasteiger partial charge in [0.1, 0.15) is 27.0 Å². The number of hydrogen-bond donors (Lipinski definition) is 1. The number of halogens is 1. The highest BCUT2D eigenvalue weighted by Crippen LogP contribution is 2.34. The number of pyridine rings is 4. The summed E-state index contributed by atoms with van der Waals surface area (Å²) in [6.07, 6.45) is 4.67. The van der Waals surface area contributed by atoms with Gasteiger partial charge in [-0.3, -0.25) is 20.1 Å². The van der Waals surface area contributed by atoms with Crippen LogP contribution in [0.4, 0.5) is 5.13 Å². The number of rotatable bonds is 6. The minimum atomic E-state index is -0.372. The minimum absolute atomic E-state index is 0.283. The molecule has 9 nitrogen and oxygen atoms in total. The van der Waals surface area contributed by atoms with E-state index in [0.717, 1.165) is 5.69 Å². The number of methoxy groups -OCH3 is 2. The summed E-state index contributed by atoms with van der Waals surface area (Å²) < 4.78 is 10.6.